The fourth-order valence-electron chi connectivity index (χ4n) is 3.49. The number of pyridine rings is 1. The third-order valence-electron chi connectivity index (χ3n) is 4.58. The summed E-state index contributed by atoms with van der Waals surface area (Å²) in [4.78, 5) is 4.79. The number of hydrogen-bond donors (Lipinski definition) is 0. The molecular formula is C21H29NSi. The Bertz CT molecular complexity index is 791. The Kier molecular flexibility index (Phi) is 3.79. The van der Waals surface area contributed by atoms with Gasteiger partial charge >= 0.3 is 0 Å². The van der Waals surface area contributed by atoms with Gasteiger partial charge in [-0.15, -0.1) is 0 Å². The minimum Gasteiger partial charge on any atom is -0.256 e. The average Bonchev–Trinajstić information content (AvgIpc) is 3.01. The number of aryl methyl sites for hydroxylation is 1. The molecule has 1 aromatic carbocycles. The first-order valence-corrected chi connectivity index (χ1v) is 12.2. The molecule has 0 saturated carbocycles. The van der Waals surface area contributed by atoms with Gasteiger partial charge in [0.1, 0.15) is 0 Å². The molecule has 3 rings (SSSR count). The van der Waals surface area contributed by atoms with Gasteiger partial charge in [-0.05, 0) is 59.5 Å². The quantitative estimate of drug-likeness (QED) is 0.722. The van der Waals surface area contributed by atoms with Crippen molar-refractivity contribution in [3.8, 4) is 11.3 Å². The van der Waals surface area contributed by atoms with E-state index in [1.54, 1.807) is 0 Å². The number of nitrogens with zero attached hydrogens (tertiary/aromatic N) is 1. The van der Waals surface area contributed by atoms with E-state index in [-0.39, 0.29) is 5.92 Å². The van der Waals surface area contributed by atoms with Gasteiger partial charge < -0.3 is 0 Å². The maximum atomic E-state index is 8.72. The van der Waals surface area contributed by atoms with Gasteiger partial charge in [0, 0.05) is 14.5 Å². The third kappa shape index (κ3) is 3.42. The van der Waals surface area contributed by atoms with E-state index in [9.17, 15) is 0 Å². The van der Waals surface area contributed by atoms with Crippen LogP contribution in [0.15, 0.2) is 30.5 Å². The molecule has 0 unspecified atom stereocenters. The summed E-state index contributed by atoms with van der Waals surface area (Å²) in [5.41, 5.74) is 5.81. The zero-order chi connectivity index (χ0) is 18.4. The van der Waals surface area contributed by atoms with Crippen molar-refractivity contribution in [2.24, 2.45) is 5.92 Å². The molecule has 0 N–H and O–H groups in total. The first kappa shape index (κ1) is 14.0. The Morgan fingerprint density at radius 2 is 2.00 bits per heavy atom. The zero-order valence-electron chi connectivity index (χ0n) is 17.0. The fraction of sp³-hybridized carbons (Fsp3) is 0.476. The Balaban J connectivity index is 2.21. The maximum absolute atomic E-state index is 8.72. The topological polar surface area (TPSA) is 12.9 Å². The van der Waals surface area contributed by atoms with E-state index in [1.165, 1.54) is 23.1 Å². The largest absolute Gasteiger partial charge is 0.256 e. The van der Waals surface area contributed by atoms with Crippen LogP contribution in [0, 0.1) is 5.92 Å². The smallest absolute Gasteiger partial charge is 0.0799 e. The molecule has 0 fully saturated rings. The van der Waals surface area contributed by atoms with Crippen molar-refractivity contribution in [3.63, 3.8) is 0 Å². The third-order valence-corrected chi connectivity index (χ3v) is 6.59. The van der Waals surface area contributed by atoms with Crippen LogP contribution in [-0.4, -0.2) is 13.1 Å². The lowest BCUT2D eigenvalue weighted by Gasteiger charge is -2.22. The van der Waals surface area contributed by atoms with E-state index in [0.29, 0.717) is 0 Å². The summed E-state index contributed by atoms with van der Waals surface area (Å²) < 4.78 is 17.4. The van der Waals surface area contributed by atoms with Crippen molar-refractivity contribution in [1.29, 1.82) is 0 Å². The Hall–Kier alpha value is -1.41. The van der Waals surface area contributed by atoms with Crippen molar-refractivity contribution in [3.05, 3.63) is 47.2 Å². The van der Waals surface area contributed by atoms with Crippen LogP contribution in [0.1, 0.15) is 39.7 Å². The summed E-state index contributed by atoms with van der Waals surface area (Å²) in [6, 6.07) is 8.53. The average molecular weight is 326 g/mol. The number of benzene rings is 1. The summed E-state index contributed by atoms with van der Waals surface area (Å²) in [6.45, 7) is 10.7. The van der Waals surface area contributed by atoms with Crippen LogP contribution >= 0.6 is 0 Å². The zero-order valence-corrected chi connectivity index (χ0v) is 16.0. The van der Waals surface area contributed by atoms with Gasteiger partial charge in [-0.1, -0.05) is 51.7 Å². The predicted molar refractivity (Wildman–Crippen MR) is 103 cm³/mol. The summed E-state index contributed by atoms with van der Waals surface area (Å²) in [5, 5.41) is 1.14. The number of aromatic nitrogens is 1. The monoisotopic (exact) mass is 325 g/mol. The molecular weight excluding hydrogens is 294 g/mol. The summed E-state index contributed by atoms with van der Waals surface area (Å²) in [7, 11) is -1.68. The van der Waals surface area contributed by atoms with Crippen LogP contribution in [0.25, 0.3) is 11.3 Å². The van der Waals surface area contributed by atoms with Crippen LogP contribution in [-0.2, 0) is 19.2 Å². The minimum absolute atomic E-state index is 0.0701. The molecule has 23 heavy (non-hydrogen) atoms. The molecule has 2 aromatic rings. The normalized spacial score (nSPS) is 16.3. The molecule has 0 bridgehead atoms. The lowest BCUT2D eigenvalue weighted by molar-refractivity contribution is 0.649. The van der Waals surface area contributed by atoms with E-state index >= 15 is 0 Å². The highest BCUT2D eigenvalue weighted by Crippen LogP contribution is 2.31. The van der Waals surface area contributed by atoms with E-state index in [2.05, 4.69) is 37.8 Å². The molecule has 1 aromatic heterocycles. The highest BCUT2D eigenvalue weighted by Gasteiger charge is 2.23. The molecule has 0 atom stereocenters. The molecule has 0 aliphatic heterocycles. The lowest BCUT2D eigenvalue weighted by atomic mass is 9.97. The van der Waals surface area contributed by atoms with E-state index in [4.69, 9.17) is 7.73 Å². The molecule has 0 radical (unpaired) electrons. The van der Waals surface area contributed by atoms with Gasteiger partial charge in [0.05, 0.1) is 13.8 Å². The highest BCUT2D eigenvalue weighted by atomic mass is 28.3. The van der Waals surface area contributed by atoms with Crippen molar-refractivity contribution in [2.45, 2.75) is 59.1 Å². The van der Waals surface area contributed by atoms with Gasteiger partial charge in [-0.2, -0.15) is 0 Å². The highest BCUT2D eigenvalue weighted by molar-refractivity contribution is 6.89. The Labute approximate surface area is 145 Å². The van der Waals surface area contributed by atoms with Crippen molar-refractivity contribution in [2.75, 3.05) is 0 Å². The molecule has 0 spiro atoms. The van der Waals surface area contributed by atoms with Gasteiger partial charge in [0.25, 0.3) is 0 Å². The molecule has 0 amide bonds. The summed E-state index contributed by atoms with van der Waals surface area (Å²) in [6.07, 6.45) is 4.08. The lowest BCUT2D eigenvalue weighted by Crippen LogP contribution is -2.40. The Morgan fingerprint density at radius 3 is 2.70 bits per heavy atom. The van der Waals surface area contributed by atoms with Crippen LogP contribution in [0.5, 0.6) is 0 Å². The second-order valence-corrected chi connectivity index (χ2v) is 13.0. The van der Waals surface area contributed by atoms with E-state index in [1.807, 2.05) is 26.1 Å². The molecule has 1 heterocycles. The fourth-order valence-corrected chi connectivity index (χ4v) is 4.89. The van der Waals surface area contributed by atoms with Gasteiger partial charge in [-0.25, -0.2) is 0 Å². The van der Waals surface area contributed by atoms with Crippen LogP contribution in [0.2, 0.25) is 19.6 Å². The van der Waals surface area contributed by atoms with Gasteiger partial charge in [-0.3, -0.25) is 4.98 Å². The van der Waals surface area contributed by atoms with Crippen molar-refractivity contribution >= 4 is 13.3 Å². The molecule has 2 heteroatoms. The molecule has 1 aliphatic carbocycles. The first-order chi connectivity index (χ1) is 11.6. The van der Waals surface area contributed by atoms with Gasteiger partial charge in [0.2, 0.25) is 0 Å². The Morgan fingerprint density at radius 1 is 1.22 bits per heavy atom. The summed E-state index contributed by atoms with van der Waals surface area (Å²) >= 11 is 0. The first-order valence-electron chi connectivity index (χ1n) is 9.74. The number of rotatable bonds is 4. The van der Waals surface area contributed by atoms with Gasteiger partial charge in [0.15, 0.2) is 0 Å². The van der Waals surface area contributed by atoms with Crippen LogP contribution in [0.3, 0.4) is 0 Å². The second-order valence-electron chi connectivity index (χ2n) is 7.96. The SMILES string of the molecule is [2H]C([2H])(c1cc(-c2cccc3c2CCC3)ncc1[Si](C)(C)C)C(C)C. The second kappa shape index (κ2) is 6.24. The van der Waals surface area contributed by atoms with E-state index in [0.717, 1.165) is 29.3 Å². The number of fused-ring (bicyclic) bond motifs is 1. The van der Waals surface area contributed by atoms with Crippen LogP contribution in [0.4, 0.5) is 0 Å². The molecule has 1 aliphatic rings. The minimum atomic E-state index is -1.68. The van der Waals surface area contributed by atoms with E-state index < -0.39 is 14.4 Å². The van der Waals surface area contributed by atoms with Crippen molar-refractivity contribution in [1.82, 2.24) is 4.98 Å². The molecule has 122 valence electrons. The standard InChI is InChI=1S/C21H29NSi/c1-15(2)12-17-13-20(22-14-21(17)23(3,4)5)19-11-7-9-16-8-6-10-18(16)19/h7,9,11,13-15H,6,8,10,12H2,1-5H3/i12D2. The maximum Gasteiger partial charge on any atom is 0.0799 e. The molecule has 1 nitrogen and oxygen atoms in total. The molecule has 0 saturated heterocycles. The van der Waals surface area contributed by atoms with Crippen molar-refractivity contribution < 1.29 is 2.74 Å². The summed E-state index contributed by atoms with van der Waals surface area (Å²) in [5.74, 6) is -0.0701. The number of hydrogen-bond acceptors (Lipinski definition) is 1. The predicted octanol–water partition coefficient (Wildman–Crippen LogP) is 4.98. The van der Waals surface area contributed by atoms with Crippen LogP contribution < -0.4 is 5.19 Å².